The third-order valence-electron chi connectivity index (χ3n) is 4.15. The van der Waals surface area contributed by atoms with Crippen molar-refractivity contribution in [1.29, 1.82) is 5.26 Å². The number of ether oxygens (including phenoxy) is 1. The molecule has 2 fully saturated rings. The molecule has 0 spiro atoms. The molecule has 0 bridgehead atoms. The van der Waals surface area contributed by atoms with Crippen LogP contribution in [0.5, 0.6) is 0 Å². The van der Waals surface area contributed by atoms with Gasteiger partial charge in [0.05, 0.1) is 12.2 Å². The average Bonchev–Trinajstić information content (AvgIpc) is 2.77. The van der Waals surface area contributed by atoms with Gasteiger partial charge < -0.3 is 9.64 Å². The van der Waals surface area contributed by atoms with Crippen molar-refractivity contribution >= 4 is 5.91 Å². The molecule has 2 aliphatic carbocycles. The first kappa shape index (κ1) is 12.4. The van der Waals surface area contributed by atoms with Gasteiger partial charge in [0.25, 0.3) is 0 Å². The van der Waals surface area contributed by atoms with Crippen molar-refractivity contribution in [2.45, 2.75) is 56.6 Å². The van der Waals surface area contributed by atoms with Crippen LogP contribution in [0, 0.1) is 11.3 Å². The average molecular weight is 236 g/mol. The second kappa shape index (κ2) is 5.05. The highest BCUT2D eigenvalue weighted by molar-refractivity contribution is 5.78. The molecule has 0 saturated heterocycles. The van der Waals surface area contributed by atoms with E-state index in [9.17, 15) is 4.79 Å². The van der Waals surface area contributed by atoms with Gasteiger partial charge in [-0.25, -0.2) is 0 Å². The van der Waals surface area contributed by atoms with Crippen LogP contribution < -0.4 is 0 Å². The Hall–Kier alpha value is -1.08. The van der Waals surface area contributed by atoms with Gasteiger partial charge >= 0.3 is 0 Å². The Kier molecular flexibility index (Phi) is 3.68. The van der Waals surface area contributed by atoms with Gasteiger partial charge in [-0.3, -0.25) is 4.79 Å². The second-order valence-corrected chi connectivity index (χ2v) is 5.17. The van der Waals surface area contributed by atoms with Crippen LogP contribution in [0.3, 0.4) is 0 Å². The Morgan fingerprint density at radius 3 is 2.53 bits per heavy atom. The van der Waals surface area contributed by atoms with Crippen LogP contribution in [0.2, 0.25) is 0 Å². The van der Waals surface area contributed by atoms with Gasteiger partial charge in [0.1, 0.15) is 12.1 Å². The number of likely N-dealkylation sites (N-methyl/N-ethyl adjacent to an activating group) is 1. The fraction of sp³-hybridized carbons (Fsp3) is 0.846. The molecule has 0 heterocycles. The van der Waals surface area contributed by atoms with Crippen LogP contribution in [0.25, 0.3) is 0 Å². The molecule has 4 nitrogen and oxygen atoms in total. The molecule has 0 aromatic carbocycles. The molecule has 2 saturated carbocycles. The Balaban J connectivity index is 1.81. The highest BCUT2D eigenvalue weighted by Gasteiger charge is 2.43. The minimum Gasteiger partial charge on any atom is -0.368 e. The summed E-state index contributed by atoms with van der Waals surface area (Å²) in [4.78, 5) is 13.5. The fourth-order valence-corrected chi connectivity index (χ4v) is 2.61. The Morgan fingerprint density at radius 2 is 2.06 bits per heavy atom. The van der Waals surface area contributed by atoms with Crippen molar-refractivity contribution in [3.63, 3.8) is 0 Å². The zero-order chi connectivity index (χ0) is 12.3. The first-order chi connectivity index (χ1) is 8.18. The van der Waals surface area contributed by atoms with Crippen molar-refractivity contribution in [2.75, 3.05) is 13.7 Å². The van der Waals surface area contributed by atoms with Gasteiger partial charge in [-0.05, 0) is 32.1 Å². The molecule has 0 aromatic heterocycles. The van der Waals surface area contributed by atoms with Gasteiger partial charge in [0.2, 0.25) is 5.91 Å². The van der Waals surface area contributed by atoms with Crippen LogP contribution >= 0.6 is 0 Å². The van der Waals surface area contributed by atoms with Crippen molar-refractivity contribution in [3.8, 4) is 6.07 Å². The summed E-state index contributed by atoms with van der Waals surface area (Å²) in [7, 11) is 1.72. The Bertz CT molecular complexity index is 325. The maximum absolute atomic E-state index is 11.9. The lowest BCUT2D eigenvalue weighted by Gasteiger charge is -2.42. The number of rotatable bonds is 4. The summed E-state index contributed by atoms with van der Waals surface area (Å²) in [6.07, 6.45) is 7.44. The molecule has 4 heteroatoms. The number of carbonyl (C=O) groups is 1. The minimum atomic E-state index is -0.546. The maximum atomic E-state index is 11.9. The second-order valence-electron chi connectivity index (χ2n) is 5.17. The van der Waals surface area contributed by atoms with E-state index < -0.39 is 5.54 Å². The molecule has 0 radical (unpaired) electrons. The summed E-state index contributed by atoms with van der Waals surface area (Å²) in [6, 6.07) is 2.27. The highest BCUT2D eigenvalue weighted by Crippen LogP contribution is 2.36. The molecular formula is C13H20N2O2. The van der Waals surface area contributed by atoms with Crippen molar-refractivity contribution < 1.29 is 9.53 Å². The van der Waals surface area contributed by atoms with Crippen LogP contribution in [-0.2, 0) is 9.53 Å². The predicted molar refractivity (Wildman–Crippen MR) is 63.2 cm³/mol. The SMILES string of the molecule is CN(C(=O)COC1CCCC1)C1(C#N)CCC1. The number of hydrogen-bond acceptors (Lipinski definition) is 3. The summed E-state index contributed by atoms with van der Waals surface area (Å²) < 4.78 is 5.59. The molecular weight excluding hydrogens is 216 g/mol. The maximum Gasteiger partial charge on any atom is 0.249 e. The molecule has 0 atom stereocenters. The lowest BCUT2D eigenvalue weighted by Crippen LogP contribution is -2.54. The van der Waals surface area contributed by atoms with Gasteiger partial charge in [-0.15, -0.1) is 0 Å². The summed E-state index contributed by atoms with van der Waals surface area (Å²) in [6.45, 7) is 0.130. The van der Waals surface area contributed by atoms with Crippen molar-refractivity contribution in [1.82, 2.24) is 4.90 Å². The Morgan fingerprint density at radius 1 is 1.41 bits per heavy atom. The van der Waals surface area contributed by atoms with E-state index in [0.29, 0.717) is 0 Å². The molecule has 1 amide bonds. The van der Waals surface area contributed by atoms with E-state index in [1.807, 2.05) is 0 Å². The van der Waals surface area contributed by atoms with E-state index in [4.69, 9.17) is 10.00 Å². The monoisotopic (exact) mass is 236 g/mol. The minimum absolute atomic E-state index is 0.0573. The molecule has 2 aliphatic rings. The number of nitriles is 1. The predicted octanol–water partition coefficient (Wildman–Crippen LogP) is 1.85. The van der Waals surface area contributed by atoms with E-state index in [1.54, 1.807) is 11.9 Å². The molecule has 0 N–H and O–H groups in total. The molecule has 0 aromatic rings. The van der Waals surface area contributed by atoms with E-state index >= 15 is 0 Å². The van der Waals surface area contributed by atoms with Gasteiger partial charge in [0, 0.05) is 7.05 Å². The number of nitrogens with zero attached hydrogens (tertiary/aromatic N) is 2. The lowest BCUT2D eigenvalue weighted by atomic mass is 9.77. The summed E-state index contributed by atoms with van der Waals surface area (Å²) in [5.74, 6) is -0.0573. The van der Waals surface area contributed by atoms with E-state index in [0.717, 1.165) is 32.1 Å². The molecule has 94 valence electrons. The molecule has 17 heavy (non-hydrogen) atoms. The van der Waals surface area contributed by atoms with Gasteiger partial charge in [-0.1, -0.05) is 12.8 Å². The van der Waals surface area contributed by atoms with Crippen molar-refractivity contribution in [3.05, 3.63) is 0 Å². The summed E-state index contributed by atoms with van der Waals surface area (Å²) >= 11 is 0. The van der Waals surface area contributed by atoms with E-state index in [1.165, 1.54) is 12.8 Å². The fourth-order valence-electron chi connectivity index (χ4n) is 2.61. The number of amides is 1. The normalized spacial score (nSPS) is 22.8. The third-order valence-corrected chi connectivity index (χ3v) is 4.15. The smallest absolute Gasteiger partial charge is 0.249 e. The van der Waals surface area contributed by atoms with E-state index in [-0.39, 0.29) is 18.6 Å². The van der Waals surface area contributed by atoms with Crippen molar-refractivity contribution in [2.24, 2.45) is 0 Å². The van der Waals surface area contributed by atoms with Crippen LogP contribution in [0.15, 0.2) is 0 Å². The topological polar surface area (TPSA) is 53.3 Å². The van der Waals surface area contributed by atoms with Gasteiger partial charge in [0.15, 0.2) is 0 Å². The number of carbonyl (C=O) groups excluding carboxylic acids is 1. The molecule has 0 unspecified atom stereocenters. The summed E-state index contributed by atoms with van der Waals surface area (Å²) in [5.41, 5.74) is -0.546. The standard InChI is InChI=1S/C13H20N2O2/c1-15(13(10-14)7-4-8-13)12(16)9-17-11-5-2-3-6-11/h11H,2-9H2,1H3. The first-order valence-electron chi connectivity index (χ1n) is 6.47. The largest absolute Gasteiger partial charge is 0.368 e. The molecule has 2 rings (SSSR count). The quantitative estimate of drug-likeness (QED) is 0.748. The summed E-state index contributed by atoms with van der Waals surface area (Å²) in [5, 5.41) is 9.15. The first-order valence-corrected chi connectivity index (χ1v) is 6.47. The molecule has 0 aliphatic heterocycles. The Labute approximate surface area is 103 Å². The van der Waals surface area contributed by atoms with Crippen LogP contribution in [-0.4, -0.2) is 36.1 Å². The van der Waals surface area contributed by atoms with Crippen LogP contribution in [0.1, 0.15) is 44.9 Å². The van der Waals surface area contributed by atoms with Gasteiger partial charge in [-0.2, -0.15) is 5.26 Å². The third kappa shape index (κ3) is 2.44. The zero-order valence-corrected chi connectivity index (χ0v) is 10.4. The number of hydrogen-bond donors (Lipinski definition) is 0. The lowest BCUT2D eigenvalue weighted by molar-refractivity contribution is -0.143. The highest BCUT2D eigenvalue weighted by atomic mass is 16.5. The van der Waals surface area contributed by atoms with Crippen LogP contribution in [0.4, 0.5) is 0 Å². The van der Waals surface area contributed by atoms with E-state index in [2.05, 4.69) is 6.07 Å². The zero-order valence-electron chi connectivity index (χ0n) is 10.4.